The van der Waals surface area contributed by atoms with E-state index in [0.717, 1.165) is 0 Å². The predicted octanol–water partition coefficient (Wildman–Crippen LogP) is 9.13. The normalized spacial score (nSPS) is 12.4. The minimum absolute atomic E-state index is 0.137. The number of hydrogen-bond acceptors (Lipinski definition) is 1. The van der Waals surface area contributed by atoms with Gasteiger partial charge >= 0.3 is 0 Å². The van der Waals surface area contributed by atoms with Crippen LogP contribution < -0.4 is 5.73 Å². The standard InChI is InChI=1S/C28H51N/c1-5-6-7-8-9-10-11-12-13-14-15-16-17-18-19-20-21-27-22-23-28(26(4)29)25(3)24(27)2/h22-23,26H,5-21,29H2,1-4H3. The van der Waals surface area contributed by atoms with Gasteiger partial charge in [-0.3, -0.25) is 0 Å². The van der Waals surface area contributed by atoms with Gasteiger partial charge in [0, 0.05) is 6.04 Å². The Morgan fingerprint density at radius 3 is 1.45 bits per heavy atom. The lowest BCUT2D eigenvalue weighted by molar-refractivity contribution is 0.529. The van der Waals surface area contributed by atoms with E-state index in [9.17, 15) is 0 Å². The number of nitrogens with two attached hydrogens (primary N) is 1. The van der Waals surface area contributed by atoms with E-state index in [2.05, 4.69) is 39.8 Å². The Kier molecular flexibility index (Phi) is 15.3. The first-order chi connectivity index (χ1) is 14.1. The summed E-state index contributed by atoms with van der Waals surface area (Å²) in [6, 6.07) is 4.69. The van der Waals surface area contributed by atoms with Crippen LogP contribution in [0.15, 0.2) is 12.1 Å². The summed E-state index contributed by atoms with van der Waals surface area (Å²) in [6.45, 7) is 8.87. The van der Waals surface area contributed by atoms with E-state index in [0.29, 0.717) is 0 Å². The molecule has 0 amide bonds. The first kappa shape index (κ1) is 26.2. The Hall–Kier alpha value is -0.820. The van der Waals surface area contributed by atoms with Gasteiger partial charge in [-0.1, -0.05) is 115 Å². The molecule has 1 aromatic rings. The van der Waals surface area contributed by atoms with Crippen molar-refractivity contribution in [1.82, 2.24) is 0 Å². The molecular weight excluding hydrogens is 350 g/mol. The van der Waals surface area contributed by atoms with Gasteiger partial charge in [0.2, 0.25) is 0 Å². The van der Waals surface area contributed by atoms with Gasteiger partial charge in [0.15, 0.2) is 0 Å². The summed E-state index contributed by atoms with van der Waals surface area (Å²) in [4.78, 5) is 0. The van der Waals surface area contributed by atoms with E-state index in [-0.39, 0.29) is 6.04 Å². The van der Waals surface area contributed by atoms with E-state index in [1.807, 2.05) is 0 Å². The first-order valence-corrected chi connectivity index (χ1v) is 12.9. The van der Waals surface area contributed by atoms with Crippen LogP contribution in [0, 0.1) is 13.8 Å². The molecule has 0 radical (unpaired) electrons. The minimum atomic E-state index is 0.137. The van der Waals surface area contributed by atoms with Crippen LogP contribution in [-0.2, 0) is 6.42 Å². The third kappa shape index (κ3) is 11.8. The van der Waals surface area contributed by atoms with Gasteiger partial charge in [-0.15, -0.1) is 0 Å². The Labute approximate surface area is 183 Å². The molecule has 29 heavy (non-hydrogen) atoms. The molecule has 0 aliphatic rings. The maximum atomic E-state index is 6.07. The molecule has 0 bridgehead atoms. The summed E-state index contributed by atoms with van der Waals surface area (Å²) in [5.41, 5.74) is 11.8. The molecule has 0 saturated carbocycles. The summed E-state index contributed by atoms with van der Waals surface area (Å²) >= 11 is 0. The van der Waals surface area contributed by atoms with Crippen LogP contribution in [0.5, 0.6) is 0 Å². The molecule has 0 heterocycles. The maximum Gasteiger partial charge on any atom is 0.0268 e. The number of rotatable bonds is 18. The fraction of sp³-hybridized carbons (Fsp3) is 0.786. The third-order valence-electron chi connectivity index (χ3n) is 6.73. The van der Waals surface area contributed by atoms with Crippen molar-refractivity contribution < 1.29 is 0 Å². The summed E-state index contributed by atoms with van der Waals surface area (Å²) in [5.74, 6) is 0. The zero-order valence-corrected chi connectivity index (χ0v) is 20.3. The molecule has 1 rings (SSSR count). The molecule has 2 N–H and O–H groups in total. The molecule has 0 fully saturated rings. The van der Waals surface area contributed by atoms with Crippen LogP contribution in [-0.4, -0.2) is 0 Å². The summed E-state index contributed by atoms with van der Waals surface area (Å²) in [5, 5.41) is 0. The monoisotopic (exact) mass is 401 g/mol. The average molecular weight is 402 g/mol. The molecule has 1 atom stereocenters. The average Bonchev–Trinajstić information content (AvgIpc) is 2.70. The van der Waals surface area contributed by atoms with E-state index >= 15 is 0 Å². The van der Waals surface area contributed by atoms with Gasteiger partial charge in [-0.2, -0.15) is 0 Å². The van der Waals surface area contributed by atoms with Crippen molar-refractivity contribution in [2.75, 3.05) is 0 Å². The van der Waals surface area contributed by atoms with Gasteiger partial charge in [-0.25, -0.2) is 0 Å². The van der Waals surface area contributed by atoms with Crippen LogP contribution in [0.2, 0.25) is 0 Å². The van der Waals surface area contributed by atoms with Crippen molar-refractivity contribution in [3.8, 4) is 0 Å². The molecule has 1 nitrogen and oxygen atoms in total. The topological polar surface area (TPSA) is 26.0 Å². The third-order valence-corrected chi connectivity index (χ3v) is 6.73. The Morgan fingerprint density at radius 2 is 1.03 bits per heavy atom. The van der Waals surface area contributed by atoms with Crippen molar-refractivity contribution in [2.24, 2.45) is 5.73 Å². The highest BCUT2D eigenvalue weighted by atomic mass is 14.6. The fourth-order valence-corrected chi connectivity index (χ4v) is 4.53. The molecular formula is C28H51N. The molecule has 0 saturated heterocycles. The zero-order chi connectivity index (χ0) is 21.3. The van der Waals surface area contributed by atoms with Crippen LogP contribution in [0.25, 0.3) is 0 Å². The van der Waals surface area contributed by atoms with Gasteiger partial charge < -0.3 is 5.73 Å². The van der Waals surface area contributed by atoms with Gasteiger partial charge in [0.25, 0.3) is 0 Å². The molecule has 1 unspecified atom stereocenters. The van der Waals surface area contributed by atoms with Gasteiger partial charge in [0.1, 0.15) is 0 Å². The van der Waals surface area contributed by atoms with Crippen LogP contribution >= 0.6 is 0 Å². The second-order valence-corrected chi connectivity index (χ2v) is 9.41. The number of benzene rings is 1. The Morgan fingerprint density at radius 1 is 0.621 bits per heavy atom. The molecule has 0 aliphatic carbocycles. The molecule has 168 valence electrons. The highest BCUT2D eigenvalue weighted by Crippen LogP contribution is 2.23. The maximum absolute atomic E-state index is 6.07. The highest BCUT2D eigenvalue weighted by molar-refractivity contribution is 5.40. The van der Waals surface area contributed by atoms with Crippen molar-refractivity contribution in [3.63, 3.8) is 0 Å². The summed E-state index contributed by atoms with van der Waals surface area (Å²) in [6.07, 6.45) is 24.2. The van der Waals surface area contributed by atoms with Gasteiger partial charge in [0.05, 0.1) is 0 Å². The number of aryl methyl sites for hydroxylation is 1. The zero-order valence-electron chi connectivity index (χ0n) is 20.3. The van der Waals surface area contributed by atoms with Crippen molar-refractivity contribution in [2.45, 2.75) is 143 Å². The van der Waals surface area contributed by atoms with Crippen molar-refractivity contribution >= 4 is 0 Å². The van der Waals surface area contributed by atoms with Crippen molar-refractivity contribution in [1.29, 1.82) is 0 Å². The second kappa shape index (κ2) is 16.9. The lowest BCUT2D eigenvalue weighted by Crippen LogP contribution is -2.08. The molecule has 1 heteroatoms. The van der Waals surface area contributed by atoms with Crippen LogP contribution in [0.3, 0.4) is 0 Å². The smallest absolute Gasteiger partial charge is 0.0268 e. The Bertz CT molecular complexity index is 517. The van der Waals surface area contributed by atoms with Crippen LogP contribution in [0.1, 0.15) is 145 Å². The largest absolute Gasteiger partial charge is 0.324 e. The van der Waals surface area contributed by atoms with Crippen LogP contribution in [0.4, 0.5) is 0 Å². The molecule has 1 aromatic carbocycles. The minimum Gasteiger partial charge on any atom is -0.324 e. The molecule has 0 aromatic heterocycles. The quantitative estimate of drug-likeness (QED) is 0.244. The first-order valence-electron chi connectivity index (χ1n) is 12.9. The Balaban J connectivity index is 1.94. The van der Waals surface area contributed by atoms with Crippen molar-refractivity contribution in [3.05, 3.63) is 34.4 Å². The predicted molar refractivity (Wildman–Crippen MR) is 132 cm³/mol. The van der Waals surface area contributed by atoms with Gasteiger partial charge in [-0.05, 0) is 55.9 Å². The van der Waals surface area contributed by atoms with E-state index < -0.39 is 0 Å². The molecule has 0 aliphatic heterocycles. The lowest BCUT2D eigenvalue weighted by atomic mass is 9.92. The number of unbranched alkanes of at least 4 members (excludes halogenated alkanes) is 15. The molecule has 0 spiro atoms. The van der Waals surface area contributed by atoms with E-state index in [1.165, 1.54) is 131 Å². The van der Waals surface area contributed by atoms with E-state index in [4.69, 9.17) is 5.73 Å². The lowest BCUT2D eigenvalue weighted by Gasteiger charge is -2.16. The fourth-order valence-electron chi connectivity index (χ4n) is 4.53. The second-order valence-electron chi connectivity index (χ2n) is 9.41. The highest BCUT2D eigenvalue weighted by Gasteiger charge is 2.09. The SMILES string of the molecule is CCCCCCCCCCCCCCCCCCc1ccc(C(C)N)c(C)c1C. The van der Waals surface area contributed by atoms with E-state index in [1.54, 1.807) is 0 Å². The number of hydrogen-bond donors (Lipinski definition) is 1. The summed E-state index contributed by atoms with van der Waals surface area (Å²) < 4.78 is 0. The summed E-state index contributed by atoms with van der Waals surface area (Å²) in [7, 11) is 0.